The van der Waals surface area contributed by atoms with Crippen molar-refractivity contribution in [2.24, 2.45) is 0 Å². The average Bonchev–Trinajstić information content (AvgIpc) is 3.11. The second kappa shape index (κ2) is 6.68. The van der Waals surface area contributed by atoms with Crippen LogP contribution in [0, 0.1) is 0 Å². The van der Waals surface area contributed by atoms with Crippen molar-refractivity contribution >= 4 is 59.3 Å². The number of para-hydroxylation sites is 1. The third kappa shape index (κ3) is 3.15. The van der Waals surface area contributed by atoms with Crippen molar-refractivity contribution in [3.63, 3.8) is 0 Å². The first-order chi connectivity index (χ1) is 13.3. The van der Waals surface area contributed by atoms with Crippen LogP contribution in [0.2, 0.25) is 0 Å². The summed E-state index contributed by atoms with van der Waals surface area (Å²) in [5.74, 6) is 1.35. The minimum Gasteiger partial charge on any atom is -0.316 e. The molecule has 27 heavy (non-hydrogen) atoms. The zero-order chi connectivity index (χ0) is 18.2. The van der Waals surface area contributed by atoms with Gasteiger partial charge in [-0.05, 0) is 42.5 Å². The van der Waals surface area contributed by atoms with E-state index in [0.29, 0.717) is 5.82 Å². The summed E-state index contributed by atoms with van der Waals surface area (Å²) in [6, 6.07) is 17.9. The van der Waals surface area contributed by atoms with Gasteiger partial charge in [-0.15, -0.1) is 0 Å². The molecular formula is C20H12BrN5S. The molecule has 5 rings (SSSR count). The molecular weight excluding hydrogens is 422 g/mol. The third-order valence-electron chi connectivity index (χ3n) is 4.10. The predicted molar refractivity (Wildman–Crippen MR) is 113 cm³/mol. The number of hydrogen-bond donors (Lipinski definition) is 1. The molecule has 0 fully saturated rings. The van der Waals surface area contributed by atoms with Crippen LogP contribution in [-0.4, -0.2) is 19.9 Å². The lowest BCUT2D eigenvalue weighted by Crippen LogP contribution is -1.99. The minimum atomic E-state index is 0.626. The molecule has 0 spiro atoms. The summed E-state index contributed by atoms with van der Waals surface area (Å²) in [7, 11) is 0. The van der Waals surface area contributed by atoms with Gasteiger partial charge in [0.1, 0.15) is 5.82 Å². The molecule has 0 aliphatic rings. The number of pyridine rings is 1. The van der Waals surface area contributed by atoms with E-state index >= 15 is 0 Å². The van der Waals surface area contributed by atoms with Crippen molar-refractivity contribution in [3.05, 3.63) is 71.5 Å². The number of anilines is 2. The SMILES string of the molecule is Brc1ccc2nc(-c3cccnc3)nc(Nc3nc4ccccc4s3)c2c1. The molecule has 0 saturated heterocycles. The normalized spacial score (nSPS) is 11.1. The van der Waals surface area contributed by atoms with E-state index in [2.05, 4.69) is 37.3 Å². The number of hydrogen-bond acceptors (Lipinski definition) is 6. The Morgan fingerprint density at radius 2 is 1.81 bits per heavy atom. The van der Waals surface area contributed by atoms with Crippen LogP contribution in [0.4, 0.5) is 10.9 Å². The van der Waals surface area contributed by atoms with Gasteiger partial charge in [0.05, 0.1) is 15.7 Å². The highest BCUT2D eigenvalue weighted by molar-refractivity contribution is 9.10. The quantitative estimate of drug-likeness (QED) is 0.388. The number of thiazole rings is 1. The lowest BCUT2D eigenvalue weighted by Gasteiger charge is -2.09. The first kappa shape index (κ1) is 16.3. The average molecular weight is 434 g/mol. The second-order valence-electron chi connectivity index (χ2n) is 5.91. The highest BCUT2D eigenvalue weighted by Crippen LogP contribution is 2.32. The largest absolute Gasteiger partial charge is 0.316 e. The zero-order valence-electron chi connectivity index (χ0n) is 13.9. The summed E-state index contributed by atoms with van der Waals surface area (Å²) in [6.07, 6.45) is 3.50. The molecule has 0 aliphatic carbocycles. The van der Waals surface area contributed by atoms with E-state index in [1.54, 1.807) is 23.7 Å². The fourth-order valence-corrected chi connectivity index (χ4v) is 4.07. The highest BCUT2D eigenvalue weighted by atomic mass is 79.9. The maximum atomic E-state index is 4.76. The highest BCUT2D eigenvalue weighted by Gasteiger charge is 2.12. The van der Waals surface area contributed by atoms with Gasteiger partial charge in [-0.3, -0.25) is 4.98 Å². The van der Waals surface area contributed by atoms with Crippen LogP contribution in [0.5, 0.6) is 0 Å². The Labute approximate surface area is 167 Å². The Hall–Kier alpha value is -2.90. The number of halogens is 1. The van der Waals surface area contributed by atoms with Gasteiger partial charge in [0.25, 0.3) is 0 Å². The van der Waals surface area contributed by atoms with Crippen LogP contribution in [0.1, 0.15) is 0 Å². The van der Waals surface area contributed by atoms with Gasteiger partial charge in [0.2, 0.25) is 0 Å². The molecule has 0 amide bonds. The Bertz CT molecular complexity index is 1240. The first-order valence-electron chi connectivity index (χ1n) is 8.26. The van der Waals surface area contributed by atoms with Gasteiger partial charge in [0, 0.05) is 27.8 Å². The molecule has 1 N–H and O–H groups in total. The maximum Gasteiger partial charge on any atom is 0.189 e. The zero-order valence-corrected chi connectivity index (χ0v) is 16.3. The fraction of sp³-hybridized carbons (Fsp3) is 0. The van der Waals surface area contributed by atoms with Crippen molar-refractivity contribution < 1.29 is 0 Å². The minimum absolute atomic E-state index is 0.626. The van der Waals surface area contributed by atoms with Crippen molar-refractivity contribution in [2.45, 2.75) is 0 Å². The van der Waals surface area contributed by atoms with Gasteiger partial charge in [-0.2, -0.15) is 0 Å². The smallest absolute Gasteiger partial charge is 0.189 e. The number of aromatic nitrogens is 4. The molecule has 130 valence electrons. The van der Waals surface area contributed by atoms with Crippen LogP contribution in [0.3, 0.4) is 0 Å². The van der Waals surface area contributed by atoms with Crippen molar-refractivity contribution in [3.8, 4) is 11.4 Å². The van der Waals surface area contributed by atoms with E-state index in [0.717, 1.165) is 42.1 Å². The Balaban J connectivity index is 1.67. The maximum absolute atomic E-state index is 4.76. The number of fused-ring (bicyclic) bond motifs is 2. The fourth-order valence-electron chi connectivity index (χ4n) is 2.85. The van der Waals surface area contributed by atoms with Crippen LogP contribution >= 0.6 is 27.3 Å². The standard InChI is InChI=1S/C20H12BrN5S/c21-13-7-8-15-14(10-13)19(25-18(23-15)12-4-3-9-22-11-12)26-20-24-16-5-1-2-6-17(16)27-20/h1-11H,(H,23,24,25,26). The van der Waals surface area contributed by atoms with Crippen molar-refractivity contribution in [1.82, 2.24) is 19.9 Å². The molecule has 3 aromatic heterocycles. The van der Waals surface area contributed by atoms with E-state index < -0.39 is 0 Å². The Morgan fingerprint density at radius 1 is 0.889 bits per heavy atom. The Kier molecular flexibility index (Phi) is 4.03. The van der Waals surface area contributed by atoms with Gasteiger partial charge < -0.3 is 5.32 Å². The molecule has 0 bridgehead atoms. The summed E-state index contributed by atoms with van der Waals surface area (Å²) in [6.45, 7) is 0. The monoisotopic (exact) mass is 433 g/mol. The van der Waals surface area contributed by atoms with E-state index in [1.807, 2.05) is 48.5 Å². The number of nitrogens with one attached hydrogen (secondary N) is 1. The van der Waals surface area contributed by atoms with Crippen LogP contribution in [0.15, 0.2) is 71.5 Å². The first-order valence-corrected chi connectivity index (χ1v) is 9.87. The van der Waals surface area contributed by atoms with Gasteiger partial charge in [-0.1, -0.05) is 39.4 Å². The number of benzene rings is 2. The molecule has 0 radical (unpaired) electrons. The van der Waals surface area contributed by atoms with Crippen molar-refractivity contribution in [1.29, 1.82) is 0 Å². The molecule has 0 atom stereocenters. The molecule has 3 heterocycles. The molecule has 7 heteroatoms. The summed E-state index contributed by atoms with van der Waals surface area (Å²) in [5, 5.41) is 5.12. The van der Waals surface area contributed by atoms with E-state index in [1.165, 1.54) is 0 Å². The van der Waals surface area contributed by atoms with E-state index in [-0.39, 0.29) is 0 Å². The lowest BCUT2D eigenvalue weighted by atomic mass is 10.2. The predicted octanol–water partition coefficient (Wildman–Crippen LogP) is 5.81. The van der Waals surface area contributed by atoms with Gasteiger partial charge >= 0.3 is 0 Å². The molecule has 0 unspecified atom stereocenters. The summed E-state index contributed by atoms with van der Waals surface area (Å²) in [4.78, 5) is 18.3. The summed E-state index contributed by atoms with van der Waals surface area (Å²) < 4.78 is 2.10. The van der Waals surface area contributed by atoms with Gasteiger partial charge in [0.15, 0.2) is 11.0 Å². The topological polar surface area (TPSA) is 63.6 Å². The van der Waals surface area contributed by atoms with E-state index in [4.69, 9.17) is 9.97 Å². The number of nitrogens with zero attached hydrogens (tertiary/aromatic N) is 4. The second-order valence-corrected chi connectivity index (χ2v) is 7.86. The van der Waals surface area contributed by atoms with Crippen LogP contribution in [0.25, 0.3) is 32.5 Å². The summed E-state index contributed by atoms with van der Waals surface area (Å²) >= 11 is 5.14. The van der Waals surface area contributed by atoms with Gasteiger partial charge in [-0.25, -0.2) is 15.0 Å². The van der Waals surface area contributed by atoms with E-state index in [9.17, 15) is 0 Å². The molecule has 0 aliphatic heterocycles. The number of rotatable bonds is 3. The summed E-state index contributed by atoms with van der Waals surface area (Å²) in [5.41, 5.74) is 2.70. The van der Waals surface area contributed by atoms with Crippen LogP contribution < -0.4 is 5.32 Å². The lowest BCUT2D eigenvalue weighted by molar-refractivity contribution is 1.20. The van der Waals surface area contributed by atoms with Crippen LogP contribution in [-0.2, 0) is 0 Å². The molecule has 5 nitrogen and oxygen atoms in total. The Morgan fingerprint density at radius 3 is 2.67 bits per heavy atom. The molecule has 2 aromatic carbocycles. The molecule has 0 saturated carbocycles. The van der Waals surface area contributed by atoms with Crippen molar-refractivity contribution in [2.75, 3.05) is 5.32 Å². The third-order valence-corrected chi connectivity index (χ3v) is 5.54. The molecule has 5 aromatic rings.